The maximum Gasteiger partial charge on any atom is 0.119 e. The van der Waals surface area contributed by atoms with E-state index in [-0.39, 0.29) is 0 Å². The average molecular weight is 161 g/mol. The van der Waals surface area contributed by atoms with Crippen LogP contribution in [-0.2, 0) is 0 Å². The summed E-state index contributed by atoms with van der Waals surface area (Å²) < 4.78 is 5.37. The number of ether oxygens (including phenoxy) is 1. The molecule has 3 heteroatoms. The first-order chi connectivity index (χ1) is 5.83. The molecule has 12 heavy (non-hydrogen) atoms. The van der Waals surface area contributed by atoms with Gasteiger partial charge in [0, 0.05) is 0 Å². The van der Waals surface area contributed by atoms with Crippen LogP contribution in [0.4, 0.5) is 0 Å². The van der Waals surface area contributed by atoms with Crippen molar-refractivity contribution >= 4 is 13.3 Å². The first-order valence-corrected chi connectivity index (χ1v) is 4.01. The van der Waals surface area contributed by atoms with E-state index in [4.69, 9.17) is 18.3 Å². The summed E-state index contributed by atoms with van der Waals surface area (Å²) in [5.41, 5.74) is 6.07. The Bertz CT molecular complexity index is 222. The van der Waals surface area contributed by atoms with E-state index < -0.39 is 0 Å². The Morgan fingerprint density at radius 3 is 2.50 bits per heavy atom. The van der Waals surface area contributed by atoms with Crippen LogP contribution in [0.15, 0.2) is 24.3 Å². The first-order valence-electron chi connectivity index (χ1n) is 4.01. The van der Waals surface area contributed by atoms with E-state index in [1.54, 1.807) is 0 Å². The molecule has 62 valence electrons. The molecule has 1 aromatic rings. The highest BCUT2D eigenvalue weighted by atomic mass is 16.5. The zero-order chi connectivity index (χ0) is 8.81. The van der Waals surface area contributed by atoms with E-state index in [1.807, 2.05) is 24.3 Å². The standard InChI is InChI=1S/C9H12BNO/c10-8-2-4-9(5-3-8)12-7-1-6-11/h2-5H,1,6-7,11H2. The second-order valence-electron chi connectivity index (χ2n) is 2.56. The predicted molar refractivity (Wildman–Crippen MR) is 51.0 cm³/mol. The van der Waals surface area contributed by atoms with Gasteiger partial charge in [0.2, 0.25) is 0 Å². The number of hydrogen-bond acceptors (Lipinski definition) is 2. The summed E-state index contributed by atoms with van der Waals surface area (Å²) >= 11 is 0. The van der Waals surface area contributed by atoms with Gasteiger partial charge in [-0.2, -0.15) is 0 Å². The molecule has 0 aliphatic heterocycles. The Morgan fingerprint density at radius 1 is 1.25 bits per heavy atom. The second kappa shape index (κ2) is 4.83. The fourth-order valence-corrected chi connectivity index (χ4v) is 0.837. The molecule has 0 amide bonds. The summed E-state index contributed by atoms with van der Waals surface area (Å²) in [5, 5.41) is 0. The maximum absolute atomic E-state index is 5.51. The molecule has 0 unspecified atom stereocenters. The Hall–Kier alpha value is -0.955. The number of hydrogen-bond donors (Lipinski definition) is 1. The molecule has 1 aromatic carbocycles. The van der Waals surface area contributed by atoms with E-state index in [2.05, 4.69) is 0 Å². The minimum absolute atomic E-state index is 0.662. The van der Waals surface area contributed by atoms with Gasteiger partial charge in [-0.3, -0.25) is 0 Å². The lowest BCUT2D eigenvalue weighted by Crippen LogP contribution is -2.07. The fourth-order valence-electron chi connectivity index (χ4n) is 0.837. The molecule has 2 nitrogen and oxygen atoms in total. The van der Waals surface area contributed by atoms with Gasteiger partial charge in [-0.05, 0) is 25.1 Å². The van der Waals surface area contributed by atoms with Gasteiger partial charge in [0.25, 0.3) is 0 Å². The molecule has 0 atom stereocenters. The molecule has 1 rings (SSSR count). The highest BCUT2D eigenvalue weighted by Crippen LogP contribution is 2.06. The first kappa shape index (κ1) is 9.14. The monoisotopic (exact) mass is 161 g/mol. The van der Waals surface area contributed by atoms with E-state index in [9.17, 15) is 0 Å². The summed E-state index contributed by atoms with van der Waals surface area (Å²) in [5.74, 6) is 0.845. The Kier molecular flexibility index (Phi) is 3.68. The number of nitrogens with two attached hydrogens (primary N) is 1. The third-order valence-electron chi connectivity index (χ3n) is 1.50. The van der Waals surface area contributed by atoms with Gasteiger partial charge in [-0.1, -0.05) is 17.6 Å². The van der Waals surface area contributed by atoms with Crippen molar-refractivity contribution in [2.24, 2.45) is 5.73 Å². The summed E-state index contributed by atoms with van der Waals surface area (Å²) in [6.07, 6.45) is 0.879. The third-order valence-corrected chi connectivity index (χ3v) is 1.50. The minimum atomic E-state index is 0.662. The van der Waals surface area contributed by atoms with Crippen LogP contribution >= 0.6 is 0 Å². The van der Waals surface area contributed by atoms with Crippen molar-refractivity contribution in [3.8, 4) is 5.75 Å². The van der Waals surface area contributed by atoms with Crippen LogP contribution in [0, 0.1) is 0 Å². The quantitative estimate of drug-likeness (QED) is 0.506. The normalized spacial score (nSPS) is 9.75. The van der Waals surface area contributed by atoms with E-state index >= 15 is 0 Å². The van der Waals surface area contributed by atoms with Gasteiger partial charge < -0.3 is 10.5 Å². The molecule has 0 aliphatic rings. The van der Waals surface area contributed by atoms with Crippen molar-refractivity contribution in [3.63, 3.8) is 0 Å². The van der Waals surface area contributed by atoms with Gasteiger partial charge in [-0.15, -0.1) is 0 Å². The number of benzene rings is 1. The van der Waals surface area contributed by atoms with Crippen molar-refractivity contribution in [2.45, 2.75) is 6.42 Å². The highest BCUT2D eigenvalue weighted by molar-refractivity contribution is 6.32. The predicted octanol–water partition coefficient (Wildman–Crippen LogP) is 0.208. The molecule has 0 fully saturated rings. The number of rotatable bonds is 4. The Labute approximate surface area is 74.1 Å². The van der Waals surface area contributed by atoms with Crippen LogP contribution in [0.3, 0.4) is 0 Å². The van der Waals surface area contributed by atoms with Crippen molar-refractivity contribution < 1.29 is 4.74 Å². The van der Waals surface area contributed by atoms with Gasteiger partial charge >= 0.3 is 0 Å². The van der Waals surface area contributed by atoms with Gasteiger partial charge in [0.1, 0.15) is 13.6 Å². The van der Waals surface area contributed by atoms with Crippen LogP contribution in [-0.4, -0.2) is 21.0 Å². The fraction of sp³-hybridized carbons (Fsp3) is 0.333. The van der Waals surface area contributed by atoms with Crippen LogP contribution < -0.4 is 15.9 Å². The zero-order valence-electron chi connectivity index (χ0n) is 6.99. The lowest BCUT2D eigenvalue weighted by atomic mass is 9.97. The molecule has 2 N–H and O–H groups in total. The van der Waals surface area contributed by atoms with Crippen LogP contribution in [0.5, 0.6) is 5.75 Å². The summed E-state index contributed by atoms with van der Waals surface area (Å²) in [6, 6.07) is 7.34. The van der Waals surface area contributed by atoms with Crippen molar-refractivity contribution in [2.75, 3.05) is 13.2 Å². The molecular formula is C9H12BNO. The van der Waals surface area contributed by atoms with Crippen molar-refractivity contribution in [1.29, 1.82) is 0 Å². The van der Waals surface area contributed by atoms with Crippen LogP contribution in [0.2, 0.25) is 0 Å². The van der Waals surface area contributed by atoms with Crippen molar-refractivity contribution in [3.05, 3.63) is 24.3 Å². The van der Waals surface area contributed by atoms with Gasteiger partial charge in [0.15, 0.2) is 0 Å². The Balaban J connectivity index is 2.37. The van der Waals surface area contributed by atoms with Crippen molar-refractivity contribution in [1.82, 2.24) is 0 Å². The average Bonchev–Trinajstić information content (AvgIpc) is 2.09. The van der Waals surface area contributed by atoms with Gasteiger partial charge in [0.05, 0.1) is 6.61 Å². The third kappa shape index (κ3) is 2.97. The molecular weight excluding hydrogens is 149 g/mol. The van der Waals surface area contributed by atoms with Gasteiger partial charge in [-0.25, -0.2) is 0 Å². The molecule has 2 radical (unpaired) electrons. The topological polar surface area (TPSA) is 35.2 Å². The minimum Gasteiger partial charge on any atom is -0.494 e. The summed E-state index contributed by atoms with van der Waals surface area (Å²) in [6.45, 7) is 1.33. The molecule has 0 saturated carbocycles. The lowest BCUT2D eigenvalue weighted by molar-refractivity contribution is 0.313. The molecule has 0 aliphatic carbocycles. The van der Waals surface area contributed by atoms with E-state index in [0.717, 1.165) is 17.6 Å². The van der Waals surface area contributed by atoms with Crippen LogP contribution in [0.1, 0.15) is 6.42 Å². The van der Waals surface area contributed by atoms with E-state index in [0.29, 0.717) is 13.2 Å². The molecule has 0 heterocycles. The summed E-state index contributed by atoms with van der Waals surface area (Å²) in [4.78, 5) is 0. The zero-order valence-corrected chi connectivity index (χ0v) is 6.99. The molecule has 0 saturated heterocycles. The SMILES string of the molecule is [B]c1ccc(OCCCN)cc1. The van der Waals surface area contributed by atoms with E-state index in [1.165, 1.54) is 0 Å². The maximum atomic E-state index is 5.51. The largest absolute Gasteiger partial charge is 0.494 e. The molecule has 0 bridgehead atoms. The molecule has 0 spiro atoms. The highest BCUT2D eigenvalue weighted by Gasteiger charge is 1.90. The Morgan fingerprint density at radius 2 is 1.92 bits per heavy atom. The second-order valence-corrected chi connectivity index (χ2v) is 2.56. The molecule has 0 aromatic heterocycles. The lowest BCUT2D eigenvalue weighted by Gasteiger charge is -2.04. The summed E-state index contributed by atoms with van der Waals surface area (Å²) in [7, 11) is 5.51. The van der Waals surface area contributed by atoms with Crippen LogP contribution in [0.25, 0.3) is 0 Å². The smallest absolute Gasteiger partial charge is 0.119 e.